The molecule has 9 nitrogen and oxygen atoms in total. The molecule has 1 amide bonds. The van der Waals surface area contributed by atoms with Gasteiger partial charge in [0.15, 0.2) is 5.69 Å². The van der Waals surface area contributed by atoms with Gasteiger partial charge in [0.05, 0.1) is 12.8 Å². The molecule has 29 heavy (non-hydrogen) atoms. The van der Waals surface area contributed by atoms with Gasteiger partial charge in [-0.2, -0.15) is 10.2 Å². The van der Waals surface area contributed by atoms with Crippen LogP contribution in [0.1, 0.15) is 35.6 Å². The highest BCUT2D eigenvalue weighted by Gasteiger charge is 2.16. The number of benzene rings is 1. The number of amides is 1. The summed E-state index contributed by atoms with van der Waals surface area (Å²) in [6.07, 6.45) is 5.33. The summed E-state index contributed by atoms with van der Waals surface area (Å²) < 4.78 is 10.1. The molecule has 0 unspecified atom stereocenters. The van der Waals surface area contributed by atoms with Crippen LogP contribution in [0.3, 0.4) is 0 Å². The Balaban J connectivity index is 1.29. The van der Waals surface area contributed by atoms with Crippen LogP contribution < -0.4 is 15.7 Å². The second kappa shape index (κ2) is 8.34. The number of nitrogens with zero attached hydrogens (tertiary/aromatic N) is 5. The molecule has 0 saturated carbocycles. The van der Waals surface area contributed by atoms with Crippen molar-refractivity contribution in [1.29, 1.82) is 0 Å². The second-order valence-electron chi connectivity index (χ2n) is 6.98. The summed E-state index contributed by atoms with van der Waals surface area (Å²) >= 11 is 0. The molecule has 4 rings (SSSR count). The van der Waals surface area contributed by atoms with Crippen LogP contribution in [0.4, 0.5) is 0 Å². The Bertz CT molecular complexity index is 1050. The van der Waals surface area contributed by atoms with Crippen molar-refractivity contribution in [3.8, 4) is 11.4 Å². The largest absolute Gasteiger partial charge is 0.497 e. The van der Waals surface area contributed by atoms with E-state index in [1.165, 1.54) is 4.68 Å². The van der Waals surface area contributed by atoms with E-state index in [0.717, 1.165) is 43.1 Å². The highest BCUT2D eigenvalue weighted by atomic mass is 16.5. The molecule has 9 heteroatoms. The molecule has 1 aliphatic rings. The van der Waals surface area contributed by atoms with Gasteiger partial charge in [-0.3, -0.25) is 9.36 Å². The maximum absolute atomic E-state index is 12.3. The molecule has 1 N–H and O–H groups in total. The number of carbonyl (C=O) groups excluding carboxylic acids is 1. The molecule has 1 aliphatic heterocycles. The van der Waals surface area contributed by atoms with E-state index in [-0.39, 0.29) is 11.6 Å². The van der Waals surface area contributed by atoms with Gasteiger partial charge >= 0.3 is 5.69 Å². The number of methoxy groups -OCH3 is 1. The van der Waals surface area contributed by atoms with Crippen molar-refractivity contribution in [2.45, 2.75) is 38.8 Å². The van der Waals surface area contributed by atoms with Gasteiger partial charge in [-0.1, -0.05) is 0 Å². The first-order chi connectivity index (χ1) is 14.2. The zero-order chi connectivity index (χ0) is 20.2. The van der Waals surface area contributed by atoms with Crippen molar-refractivity contribution in [3.63, 3.8) is 0 Å². The van der Waals surface area contributed by atoms with Crippen LogP contribution in [0.2, 0.25) is 0 Å². The minimum absolute atomic E-state index is 0.0516. The molecular formula is C20H24N6O3. The maximum Gasteiger partial charge on any atom is 0.345 e. The Hall–Kier alpha value is -3.36. The molecule has 3 heterocycles. The van der Waals surface area contributed by atoms with Gasteiger partial charge in [0, 0.05) is 32.3 Å². The summed E-state index contributed by atoms with van der Waals surface area (Å²) in [5.41, 5.74) is 1.13. The van der Waals surface area contributed by atoms with Crippen molar-refractivity contribution in [2.75, 3.05) is 13.7 Å². The molecule has 0 radical (unpaired) electrons. The quantitative estimate of drug-likeness (QED) is 0.609. The average molecular weight is 396 g/mol. The zero-order valence-corrected chi connectivity index (χ0v) is 16.4. The molecule has 0 bridgehead atoms. The lowest BCUT2D eigenvalue weighted by Crippen LogP contribution is -2.29. The van der Waals surface area contributed by atoms with Crippen LogP contribution in [0.15, 0.2) is 41.3 Å². The number of hydrogen-bond acceptors (Lipinski definition) is 5. The van der Waals surface area contributed by atoms with Gasteiger partial charge in [-0.15, -0.1) is 0 Å². The third-order valence-electron chi connectivity index (χ3n) is 5.02. The smallest absolute Gasteiger partial charge is 0.345 e. The Morgan fingerprint density at radius 3 is 2.76 bits per heavy atom. The number of ether oxygens (including phenoxy) is 1. The normalized spacial score (nSPS) is 13.1. The molecule has 0 spiro atoms. The molecule has 152 valence electrons. The number of fused-ring (bicyclic) bond motifs is 1. The third kappa shape index (κ3) is 4.08. The number of aryl methyl sites for hydroxylation is 2. The van der Waals surface area contributed by atoms with E-state index in [9.17, 15) is 9.59 Å². The predicted octanol–water partition coefficient (Wildman–Crippen LogP) is 1.40. The van der Waals surface area contributed by atoms with E-state index < -0.39 is 0 Å². The Morgan fingerprint density at radius 2 is 2.00 bits per heavy atom. The van der Waals surface area contributed by atoms with Gasteiger partial charge in [-0.25, -0.2) is 14.2 Å². The van der Waals surface area contributed by atoms with Gasteiger partial charge < -0.3 is 10.1 Å². The highest BCUT2D eigenvalue weighted by molar-refractivity contribution is 5.92. The maximum atomic E-state index is 12.3. The van der Waals surface area contributed by atoms with E-state index in [1.807, 2.05) is 24.3 Å². The number of nitrogens with one attached hydrogen (secondary N) is 1. The number of aromatic nitrogens is 5. The van der Waals surface area contributed by atoms with Gasteiger partial charge in [-0.05, 0) is 49.6 Å². The number of rotatable bonds is 7. The van der Waals surface area contributed by atoms with Crippen molar-refractivity contribution < 1.29 is 9.53 Å². The van der Waals surface area contributed by atoms with E-state index in [0.29, 0.717) is 25.2 Å². The highest BCUT2D eigenvalue weighted by Crippen LogP contribution is 2.14. The molecule has 0 fully saturated rings. The van der Waals surface area contributed by atoms with Crippen LogP contribution >= 0.6 is 0 Å². The van der Waals surface area contributed by atoms with Crippen LogP contribution in [-0.4, -0.2) is 43.7 Å². The first-order valence-electron chi connectivity index (χ1n) is 9.80. The van der Waals surface area contributed by atoms with Crippen molar-refractivity contribution in [2.24, 2.45) is 0 Å². The average Bonchev–Trinajstić information content (AvgIpc) is 3.37. The van der Waals surface area contributed by atoms with Gasteiger partial charge in [0.2, 0.25) is 0 Å². The summed E-state index contributed by atoms with van der Waals surface area (Å²) in [5, 5.41) is 11.6. The molecular weight excluding hydrogens is 372 g/mol. The van der Waals surface area contributed by atoms with E-state index in [1.54, 1.807) is 28.6 Å². The fraction of sp³-hybridized carbons (Fsp3) is 0.400. The topological polar surface area (TPSA) is 96.0 Å². The third-order valence-corrected chi connectivity index (χ3v) is 5.02. The second-order valence-corrected chi connectivity index (χ2v) is 6.98. The van der Waals surface area contributed by atoms with Crippen molar-refractivity contribution in [1.82, 2.24) is 29.4 Å². The van der Waals surface area contributed by atoms with Crippen molar-refractivity contribution in [3.05, 3.63) is 58.5 Å². The molecule has 0 atom stereocenters. The van der Waals surface area contributed by atoms with Crippen LogP contribution in [0, 0.1) is 0 Å². The number of carbonyl (C=O) groups is 1. The SMILES string of the molecule is COc1ccc(-n2ccc(C(=O)NCCCn3nc4n(c3=O)CCCC4)n2)cc1. The summed E-state index contributed by atoms with van der Waals surface area (Å²) in [6.45, 7) is 1.68. The lowest BCUT2D eigenvalue weighted by molar-refractivity contribution is 0.0947. The van der Waals surface area contributed by atoms with Crippen LogP contribution in [0.25, 0.3) is 5.69 Å². The minimum atomic E-state index is -0.242. The molecule has 1 aromatic carbocycles. The first-order valence-corrected chi connectivity index (χ1v) is 9.80. The molecule has 0 saturated heterocycles. The zero-order valence-electron chi connectivity index (χ0n) is 16.4. The number of hydrogen-bond donors (Lipinski definition) is 1. The van der Waals surface area contributed by atoms with Crippen molar-refractivity contribution >= 4 is 5.91 Å². The van der Waals surface area contributed by atoms with Crippen LogP contribution in [0.5, 0.6) is 5.75 Å². The Labute approximate surface area is 167 Å². The fourth-order valence-electron chi connectivity index (χ4n) is 3.44. The first kappa shape index (κ1) is 19.0. The Morgan fingerprint density at radius 1 is 1.17 bits per heavy atom. The van der Waals surface area contributed by atoms with Gasteiger partial charge in [0.25, 0.3) is 5.91 Å². The van der Waals surface area contributed by atoms with E-state index in [2.05, 4.69) is 15.5 Å². The summed E-state index contributed by atoms with van der Waals surface area (Å²) in [4.78, 5) is 24.6. The fourth-order valence-corrected chi connectivity index (χ4v) is 3.44. The predicted molar refractivity (Wildman–Crippen MR) is 106 cm³/mol. The van der Waals surface area contributed by atoms with E-state index in [4.69, 9.17) is 4.74 Å². The molecule has 0 aliphatic carbocycles. The standard InChI is InChI=1S/C20H24N6O3/c1-29-16-8-6-15(7-9-16)25-14-10-17(22-25)19(27)21-11-4-13-26-20(28)24-12-3-2-5-18(24)23-26/h6-10,14H,2-5,11-13H2,1H3,(H,21,27). The van der Waals surface area contributed by atoms with Crippen LogP contribution in [-0.2, 0) is 19.5 Å². The van der Waals surface area contributed by atoms with E-state index >= 15 is 0 Å². The molecule has 3 aromatic rings. The lowest BCUT2D eigenvalue weighted by atomic mass is 10.2. The summed E-state index contributed by atoms with van der Waals surface area (Å²) in [5.74, 6) is 1.39. The minimum Gasteiger partial charge on any atom is -0.497 e. The lowest BCUT2D eigenvalue weighted by Gasteiger charge is -2.09. The summed E-state index contributed by atoms with van der Waals surface area (Å²) in [6, 6.07) is 9.10. The molecule has 2 aromatic heterocycles. The van der Waals surface area contributed by atoms with Gasteiger partial charge in [0.1, 0.15) is 11.6 Å². The summed E-state index contributed by atoms with van der Waals surface area (Å²) in [7, 11) is 1.61. The Kier molecular flexibility index (Phi) is 5.46. The monoisotopic (exact) mass is 396 g/mol.